The van der Waals surface area contributed by atoms with Crippen molar-refractivity contribution in [3.05, 3.63) is 61.6 Å². The minimum absolute atomic E-state index is 0.0405. The van der Waals surface area contributed by atoms with Crippen molar-refractivity contribution in [2.45, 2.75) is 6.92 Å². The summed E-state index contributed by atoms with van der Waals surface area (Å²) >= 11 is 9.32. The Labute approximate surface area is 123 Å². The molecule has 0 atom stereocenters. The number of para-hydroxylation sites is 1. The van der Waals surface area contributed by atoms with Crippen molar-refractivity contribution in [2.75, 3.05) is 0 Å². The van der Waals surface area contributed by atoms with E-state index in [1.807, 2.05) is 19.1 Å². The van der Waals surface area contributed by atoms with Crippen LogP contribution < -0.4 is 4.74 Å². The first-order chi connectivity index (χ1) is 8.99. The van der Waals surface area contributed by atoms with E-state index >= 15 is 0 Å². The molecule has 6 heteroatoms. The highest BCUT2D eigenvalue weighted by atomic mass is 79.9. The number of nitro groups is 1. The van der Waals surface area contributed by atoms with Gasteiger partial charge in [-0.15, -0.1) is 0 Å². The Morgan fingerprint density at radius 3 is 2.68 bits per heavy atom. The predicted octanol–water partition coefficient (Wildman–Crippen LogP) is 5.11. The van der Waals surface area contributed by atoms with E-state index in [1.54, 1.807) is 12.1 Å². The molecule has 0 saturated carbocycles. The number of benzene rings is 2. The predicted molar refractivity (Wildman–Crippen MR) is 77.1 cm³/mol. The molecule has 0 aromatic heterocycles. The van der Waals surface area contributed by atoms with Crippen LogP contribution in [0.4, 0.5) is 5.69 Å². The lowest BCUT2D eigenvalue weighted by Gasteiger charge is -2.10. The Morgan fingerprint density at radius 2 is 2.05 bits per heavy atom. The van der Waals surface area contributed by atoms with Crippen LogP contribution in [-0.2, 0) is 0 Å². The van der Waals surface area contributed by atoms with E-state index in [2.05, 4.69) is 15.9 Å². The van der Waals surface area contributed by atoms with Crippen molar-refractivity contribution in [3.63, 3.8) is 0 Å². The standard InChI is InChI=1S/C13H9BrClNO3/c1-8-5-6-12(9(14)7-8)19-13-10(15)3-2-4-11(13)16(17)18/h2-7H,1H3. The van der Waals surface area contributed by atoms with Gasteiger partial charge in [0.1, 0.15) is 5.75 Å². The third-order valence-corrected chi connectivity index (χ3v) is 3.36. The van der Waals surface area contributed by atoms with Crippen molar-refractivity contribution in [2.24, 2.45) is 0 Å². The molecule has 0 radical (unpaired) electrons. The maximum Gasteiger partial charge on any atom is 0.313 e. The molecule has 0 heterocycles. The van der Waals surface area contributed by atoms with Crippen LogP contribution >= 0.6 is 27.5 Å². The molecular weight excluding hydrogens is 334 g/mol. The second-order valence-corrected chi connectivity index (χ2v) is 5.14. The van der Waals surface area contributed by atoms with E-state index in [0.29, 0.717) is 10.2 Å². The quantitative estimate of drug-likeness (QED) is 0.575. The Hall–Kier alpha value is -1.59. The van der Waals surface area contributed by atoms with Gasteiger partial charge < -0.3 is 4.74 Å². The Kier molecular flexibility index (Phi) is 4.07. The molecule has 0 aliphatic rings. The molecule has 0 fully saturated rings. The maximum atomic E-state index is 11.0. The largest absolute Gasteiger partial charge is 0.447 e. The molecule has 0 aliphatic heterocycles. The first-order valence-electron chi connectivity index (χ1n) is 5.36. The van der Waals surface area contributed by atoms with Gasteiger partial charge in [-0.3, -0.25) is 10.1 Å². The monoisotopic (exact) mass is 341 g/mol. The van der Waals surface area contributed by atoms with Crippen molar-refractivity contribution < 1.29 is 9.66 Å². The molecule has 0 bridgehead atoms. The highest BCUT2D eigenvalue weighted by molar-refractivity contribution is 9.10. The SMILES string of the molecule is Cc1ccc(Oc2c(Cl)cccc2[N+](=O)[O-])c(Br)c1. The molecule has 0 saturated heterocycles. The zero-order chi connectivity index (χ0) is 14.0. The van der Waals surface area contributed by atoms with Crippen LogP contribution in [0.1, 0.15) is 5.56 Å². The number of hydrogen-bond donors (Lipinski definition) is 0. The second-order valence-electron chi connectivity index (χ2n) is 3.88. The highest BCUT2D eigenvalue weighted by Gasteiger charge is 2.19. The van der Waals surface area contributed by atoms with Gasteiger partial charge in [0.15, 0.2) is 0 Å². The normalized spacial score (nSPS) is 10.3. The van der Waals surface area contributed by atoms with Crippen LogP contribution in [-0.4, -0.2) is 4.92 Å². The summed E-state index contributed by atoms with van der Waals surface area (Å²) in [6.07, 6.45) is 0. The van der Waals surface area contributed by atoms with Crippen LogP contribution in [0.3, 0.4) is 0 Å². The van der Waals surface area contributed by atoms with Crippen LogP contribution in [0.15, 0.2) is 40.9 Å². The van der Waals surface area contributed by atoms with Crippen molar-refractivity contribution in [1.82, 2.24) is 0 Å². The smallest absolute Gasteiger partial charge is 0.313 e. The number of nitro benzene ring substituents is 1. The van der Waals surface area contributed by atoms with Gasteiger partial charge in [-0.1, -0.05) is 23.7 Å². The van der Waals surface area contributed by atoms with Crippen LogP contribution in [0.25, 0.3) is 0 Å². The summed E-state index contributed by atoms with van der Waals surface area (Å²) in [6.45, 7) is 1.94. The molecule has 0 aliphatic carbocycles. The molecule has 2 aromatic carbocycles. The minimum Gasteiger partial charge on any atom is -0.447 e. The highest BCUT2D eigenvalue weighted by Crippen LogP contribution is 2.39. The fourth-order valence-electron chi connectivity index (χ4n) is 1.54. The summed E-state index contributed by atoms with van der Waals surface area (Å²) in [5.74, 6) is 0.514. The summed E-state index contributed by atoms with van der Waals surface area (Å²) in [6, 6.07) is 9.85. The molecule has 19 heavy (non-hydrogen) atoms. The van der Waals surface area contributed by atoms with E-state index in [4.69, 9.17) is 16.3 Å². The topological polar surface area (TPSA) is 52.4 Å². The van der Waals surface area contributed by atoms with E-state index in [0.717, 1.165) is 5.56 Å². The van der Waals surface area contributed by atoms with Gasteiger partial charge >= 0.3 is 5.69 Å². The third kappa shape index (κ3) is 3.05. The number of hydrogen-bond acceptors (Lipinski definition) is 3. The Morgan fingerprint density at radius 1 is 1.32 bits per heavy atom. The Bertz CT molecular complexity index is 646. The van der Waals surface area contributed by atoms with Crippen LogP contribution in [0, 0.1) is 17.0 Å². The maximum absolute atomic E-state index is 11.0. The lowest BCUT2D eigenvalue weighted by Crippen LogP contribution is -1.94. The summed E-state index contributed by atoms with van der Waals surface area (Å²) in [5.41, 5.74) is 0.882. The summed E-state index contributed by atoms with van der Waals surface area (Å²) in [5, 5.41) is 11.2. The first kappa shape index (κ1) is 13.8. The van der Waals surface area contributed by atoms with Gasteiger partial charge in [0.05, 0.1) is 14.4 Å². The first-order valence-corrected chi connectivity index (χ1v) is 6.53. The van der Waals surface area contributed by atoms with E-state index in [-0.39, 0.29) is 16.5 Å². The fourth-order valence-corrected chi connectivity index (χ4v) is 2.32. The van der Waals surface area contributed by atoms with E-state index in [9.17, 15) is 10.1 Å². The zero-order valence-electron chi connectivity index (χ0n) is 9.89. The average molecular weight is 343 g/mol. The fraction of sp³-hybridized carbons (Fsp3) is 0.0769. The lowest BCUT2D eigenvalue weighted by atomic mass is 10.2. The molecule has 0 amide bonds. The average Bonchev–Trinajstić information content (AvgIpc) is 2.34. The minimum atomic E-state index is -0.524. The van der Waals surface area contributed by atoms with Crippen molar-refractivity contribution in [1.29, 1.82) is 0 Å². The molecule has 2 rings (SSSR count). The number of nitrogens with zero attached hydrogens (tertiary/aromatic N) is 1. The Balaban J connectivity index is 2.46. The van der Waals surface area contributed by atoms with Gasteiger partial charge in [-0.05, 0) is 46.6 Å². The lowest BCUT2D eigenvalue weighted by molar-refractivity contribution is -0.385. The number of rotatable bonds is 3. The van der Waals surface area contributed by atoms with Gasteiger partial charge in [-0.2, -0.15) is 0 Å². The molecular formula is C13H9BrClNO3. The van der Waals surface area contributed by atoms with Gasteiger partial charge in [-0.25, -0.2) is 0 Å². The molecule has 2 aromatic rings. The second kappa shape index (κ2) is 5.59. The molecule has 0 N–H and O–H groups in total. The van der Waals surface area contributed by atoms with Crippen molar-refractivity contribution >= 4 is 33.2 Å². The van der Waals surface area contributed by atoms with E-state index < -0.39 is 4.92 Å². The third-order valence-electron chi connectivity index (χ3n) is 2.44. The molecule has 0 unspecified atom stereocenters. The molecule has 98 valence electrons. The summed E-state index contributed by atoms with van der Waals surface area (Å²) in [7, 11) is 0. The number of ether oxygens (including phenoxy) is 1. The number of halogens is 2. The van der Waals surface area contributed by atoms with E-state index in [1.165, 1.54) is 12.1 Å². The van der Waals surface area contributed by atoms with Crippen molar-refractivity contribution in [3.8, 4) is 11.5 Å². The summed E-state index contributed by atoms with van der Waals surface area (Å²) in [4.78, 5) is 10.4. The molecule has 4 nitrogen and oxygen atoms in total. The number of aryl methyl sites for hydroxylation is 1. The molecule has 0 spiro atoms. The van der Waals surface area contributed by atoms with Gasteiger partial charge in [0.2, 0.25) is 5.75 Å². The zero-order valence-corrected chi connectivity index (χ0v) is 12.2. The van der Waals surface area contributed by atoms with Gasteiger partial charge in [0.25, 0.3) is 0 Å². The van der Waals surface area contributed by atoms with Crippen LogP contribution in [0.2, 0.25) is 5.02 Å². The van der Waals surface area contributed by atoms with Gasteiger partial charge in [0, 0.05) is 6.07 Å². The summed E-state index contributed by atoms with van der Waals surface area (Å²) < 4.78 is 6.28. The van der Waals surface area contributed by atoms with Crippen LogP contribution in [0.5, 0.6) is 11.5 Å².